The first kappa shape index (κ1) is 18.4. The van der Waals surface area contributed by atoms with Crippen LogP contribution in [0.4, 0.5) is 11.4 Å². The summed E-state index contributed by atoms with van der Waals surface area (Å²) in [5.74, 6) is -0.745. The van der Waals surface area contributed by atoms with Gasteiger partial charge in [0.15, 0.2) is 0 Å². The lowest BCUT2D eigenvalue weighted by Gasteiger charge is -2.15. The molecule has 0 radical (unpaired) electrons. The highest BCUT2D eigenvalue weighted by Crippen LogP contribution is 2.25. The van der Waals surface area contributed by atoms with Crippen LogP contribution in [-0.4, -0.2) is 25.6 Å². The minimum Gasteiger partial charge on any atom is -0.454 e. The quantitative estimate of drug-likeness (QED) is 0.479. The van der Waals surface area contributed by atoms with E-state index >= 15 is 0 Å². The Morgan fingerprint density at radius 2 is 1.88 bits per heavy atom. The zero-order chi connectivity index (χ0) is 18.6. The van der Waals surface area contributed by atoms with Crippen molar-refractivity contribution >= 4 is 27.4 Å². The van der Waals surface area contributed by atoms with Gasteiger partial charge in [0.2, 0.25) is 10.0 Å². The Balaban J connectivity index is 2.22. The van der Waals surface area contributed by atoms with Gasteiger partial charge in [-0.15, -0.1) is 0 Å². The van der Waals surface area contributed by atoms with Crippen LogP contribution in [0.25, 0.3) is 0 Å². The van der Waals surface area contributed by atoms with Crippen molar-refractivity contribution in [3.05, 3.63) is 69.8 Å². The second-order valence-corrected chi connectivity index (χ2v) is 7.07. The third-order valence-corrected chi connectivity index (χ3v) is 3.87. The van der Waals surface area contributed by atoms with Crippen molar-refractivity contribution in [1.29, 1.82) is 0 Å². The largest absolute Gasteiger partial charge is 0.454 e. The van der Waals surface area contributed by atoms with E-state index in [-0.39, 0.29) is 16.9 Å². The fourth-order valence-corrected chi connectivity index (χ4v) is 2.71. The Kier molecular flexibility index (Phi) is 5.38. The molecule has 1 N–H and O–H groups in total. The van der Waals surface area contributed by atoms with Crippen LogP contribution in [0.5, 0.6) is 0 Å². The van der Waals surface area contributed by atoms with Gasteiger partial charge >= 0.3 is 5.97 Å². The lowest BCUT2D eigenvalue weighted by Crippen LogP contribution is -2.15. The number of ether oxygens (including phenoxy) is 1. The molecular formula is C16H16N2O6S. The van der Waals surface area contributed by atoms with E-state index in [1.807, 2.05) is 0 Å². The highest BCUT2D eigenvalue weighted by atomic mass is 32.2. The number of carbonyl (C=O) groups is 1. The van der Waals surface area contributed by atoms with Gasteiger partial charge in [0, 0.05) is 12.1 Å². The molecule has 1 unspecified atom stereocenters. The van der Waals surface area contributed by atoms with E-state index in [9.17, 15) is 23.3 Å². The second-order valence-electron chi connectivity index (χ2n) is 5.32. The van der Waals surface area contributed by atoms with Crippen molar-refractivity contribution in [2.45, 2.75) is 13.0 Å². The number of nitrogens with one attached hydrogen (secondary N) is 1. The highest BCUT2D eigenvalue weighted by Gasteiger charge is 2.19. The van der Waals surface area contributed by atoms with Crippen LogP contribution < -0.4 is 4.72 Å². The molecule has 0 heterocycles. The molecule has 0 bridgehead atoms. The molecular weight excluding hydrogens is 348 g/mol. The number of nitro groups is 1. The van der Waals surface area contributed by atoms with Gasteiger partial charge in [0.25, 0.3) is 5.69 Å². The third-order valence-electron chi connectivity index (χ3n) is 3.28. The molecule has 132 valence electrons. The van der Waals surface area contributed by atoms with Crippen LogP contribution in [-0.2, 0) is 14.8 Å². The topological polar surface area (TPSA) is 116 Å². The summed E-state index contributed by atoms with van der Waals surface area (Å²) in [6.45, 7) is 1.57. The van der Waals surface area contributed by atoms with Crippen molar-refractivity contribution in [1.82, 2.24) is 0 Å². The van der Waals surface area contributed by atoms with E-state index in [0.717, 1.165) is 6.26 Å². The molecule has 0 saturated heterocycles. The minimum absolute atomic E-state index is 0.0465. The number of sulfonamides is 1. The fraction of sp³-hybridized carbons (Fsp3) is 0.188. The molecule has 0 aliphatic rings. The molecule has 0 aliphatic carbocycles. The first-order valence-electron chi connectivity index (χ1n) is 7.19. The summed E-state index contributed by atoms with van der Waals surface area (Å²) in [7, 11) is -3.56. The summed E-state index contributed by atoms with van der Waals surface area (Å²) >= 11 is 0. The lowest BCUT2D eigenvalue weighted by atomic mass is 10.1. The second kappa shape index (κ2) is 7.31. The van der Waals surface area contributed by atoms with E-state index in [1.165, 1.54) is 30.3 Å². The van der Waals surface area contributed by atoms with E-state index in [0.29, 0.717) is 5.56 Å². The molecule has 0 aromatic heterocycles. The van der Waals surface area contributed by atoms with Crippen molar-refractivity contribution in [2.24, 2.45) is 0 Å². The van der Waals surface area contributed by atoms with Gasteiger partial charge in [-0.1, -0.05) is 24.3 Å². The van der Waals surface area contributed by atoms with E-state index in [1.54, 1.807) is 25.1 Å². The molecule has 0 saturated carbocycles. The van der Waals surface area contributed by atoms with Crippen LogP contribution >= 0.6 is 0 Å². The predicted octanol–water partition coefficient (Wildman–Crippen LogP) is 2.88. The monoisotopic (exact) mass is 364 g/mol. The Bertz CT molecular complexity index is 910. The van der Waals surface area contributed by atoms with E-state index in [2.05, 4.69) is 4.72 Å². The number of benzene rings is 2. The van der Waals surface area contributed by atoms with Crippen LogP contribution in [0, 0.1) is 10.1 Å². The summed E-state index contributed by atoms with van der Waals surface area (Å²) < 4.78 is 30.4. The normalized spacial score (nSPS) is 12.2. The number of nitro benzene ring substituents is 1. The number of rotatable bonds is 6. The number of anilines is 1. The molecule has 0 amide bonds. The van der Waals surface area contributed by atoms with Gasteiger partial charge < -0.3 is 4.74 Å². The summed E-state index contributed by atoms with van der Waals surface area (Å²) in [6.07, 6.45) is 0.222. The van der Waals surface area contributed by atoms with Crippen LogP contribution in [0.2, 0.25) is 0 Å². The summed E-state index contributed by atoms with van der Waals surface area (Å²) in [4.78, 5) is 22.7. The van der Waals surface area contributed by atoms with Gasteiger partial charge in [0.1, 0.15) is 6.10 Å². The number of esters is 1. The van der Waals surface area contributed by atoms with Crippen molar-refractivity contribution in [3.63, 3.8) is 0 Å². The minimum atomic E-state index is -3.56. The van der Waals surface area contributed by atoms with Gasteiger partial charge in [-0.2, -0.15) is 0 Å². The molecule has 2 aromatic carbocycles. The molecule has 0 fully saturated rings. The van der Waals surface area contributed by atoms with Crippen LogP contribution in [0.1, 0.15) is 28.9 Å². The Morgan fingerprint density at radius 3 is 2.52 bits per heavy atom. The average Bonchev–Trinajstić information content (AvgIpc) is 2.53. The van der Waals surface area contributed by atoms with E-state index < -0.39 is 27.0 Å². The lowest BCUT2D eigenvalue weighted by molar-refractivity contribution is -0.385. The van der Waals surface area contributed by atoms with Crippen molar-refractivity contribution < 1.29 is 22.9 Å². The summed E-state index contributed by atoms with van der Waals surface area (Å²) in [5, 5.41) is 10.8. The van der Waals surface area contributed by atoms with Gasteiger partial charge in [-0.3, -0.25) is 14.8 Å². The SMILES string of the molecule is CC(OC(=O)c1ccccc1NS(C)(=O)=O)c1cccc([N+](=O)[O-])c1. The Hall–Kier alpha value is -2.94. The van der Waals surface area contributed by atoms with Gasteiger partial charge in [-0.25, -0.2) is 13.2 Å². The molecule has 0 spiro atoms. The first-order chi connectivity index (χ1) is 11.7. The average molecular weight is 364 g/mol. The smallest absolute Gasteiger partial charge is 0.340 e. The molecule has 2 rings (SSSR count). The Labute approximate surface area is 144 Å². The number of hydrogen-bond acceptors (Lipinski definition) is 6. The maximum atomic E-state index is 12.4. The summed E-state index contributed by atoms with van der Waals surface area (Å²) in [6, 6.07) is 11.8. The zero-order valence-corrected chi connectivity index (χ0v) is 14.3. The first-order valence-corrected chi connectivity index (χ1v) is 9.08. The fourth-order valence-electron chi connectivity index (χ4n) is 2.13. The standard InChI is InChI=1S/C16H16N2O6S/c1-11(12-6-5-7-13(10-12)18(20)21)24-16(19)14-8-3-4-9-15(14)17-25(2,22)23/h3-11,17H,1-2H3. The van der Waals surface area contributed by atoms with E-state index in [4.69, 9.17) is 4.74 Å². The molecule has 0 aliphatic heterocycles. The van der Waals surface area contributed by atoms with Gasteiger partial charge in [-0.05, 0) is 24.6 Å². The van der Waals surface area contributed by atoms with Gasteiger partial charge in [0.05, 0.1) is 22.4 Å². The number of carbonyl (C=O) groups excluding carboxylic acids is 1. The molecule has 25 heavy (non-hydrogen) atoms. The molecule has 9 heteroatoms. The van der Waals surface area contributed by atoms with Crippen molar-refractivity contribution in [3.8, 4) is 0 Å². The number of nitrogens with zero attached hydrogens (tertiary/aromatic N) is 1. The number of hydrogen-bond donors (Lipinski definition) is 1. The zero-order valence-electron chi connectivity index (χ0n) is 13.5. The third kappa shape index (κ3) is 5.01. The van der Waals surface area contributed by atoms with Crippen LogP contribution in [0.15, 0.2) is 48.5 Å². The Morgan fingerprint density at radius 1 is 1.20 bits per heavy atom. The van der Waals surface area contributed by atoms with Crippen LogP contribution in [0.3, 0.4) is 0 Å². The number of non-ortho nitro benzene ring substituents is 1. The predicted molar refractivity (Wildman–Crippen MR) is 91.8 cm³/mol. The summed E-state index contributed by atoms with van der Waals surface area (Å²) in [5.41, 5.74) is 0.488. The van der Waals surface area contributed by atoms with Crippen molar-refractivity contribution in [2.75, 3.05) is 11.0 Å². The molecule has 1 atom stereocenters. The maximum Gasteiger partial charge on any atom is 0.340 e. The highest BCUT2D eigenvalue weighted by molar-refractivity contribution is 7.92. The molecule has 2 aromatic rings. The molecule has 8 nitrogen and oxygen atoms in total. The number of para-hydroxylation sites is 1. The maximum absolute atomic E-state index is 12.4.